The third-order valence-corrected chi connectivity index (χ3v) is 3.62. The molecule has 1 N–H and O–H groups in total. The molecule has 0 aliphatic carbocycles. The van der Waals surface area contributed by atoms with E-state index in [4.69, 9.17) is 33.0 Å². The molecule has 21 heavy (non-hydrogen) atoms. The highest BCUT2D eigenvalue weighted by Gasteiger charge is 2.21. The molecule has 112 valence electrons. The standard InChI is InChI=1S/C14H14Cl2N2O3/c1-9-12(14(20)21-7-6-19)13(16)18(17-9)8-10-4-2-3-5-11(10)15/h2-5,19H,6-8H2,1H3. The molecule has 1 heterocycles. The number of rotatable bonds is 5. The van der Waals surface area contributed by atoms with Crippen molar-refractivity contribution < 1.29 is 14.6 Å². The van der Waals surface area contributed by atoms with E-state index in [0.29, 0.717) is 17.3 Å². The molecule has 0 bridgehead atoms. The molecule has 5 nitrogen and oxygen atoms in total. The van der Waals surface area contributed by atoms with Gasteiger partial charge in [-0.25, -0.2) is 9.48 Å². The summed E-state index contributed by atoms with van der Waals surface area (Å²) in [5.74, 6) is -0.600. The van der Waals surface area contributed by atoms with Gasteiger partial charge in [0.05, 0.1) is 18.8 Å². The average molecular weight is 329 g/mol. The van der Waals surface area contributed by atoms with Gasteiger partial charge >= 0.3 is 5.97 Å². The third-order valence-electron chi connectivity index (χ3n) is 2.87. The summed E-state index contributed by atoms with van der Waals surface area (Å²) in [5, 5.41) is 13.7. The van der Waals surface area contributed by atoms with Gasteiger partial charge in [0.15, 0.2) is 0 Å². The molecule has 0 fully saturated rings. The van der Waals surface area contributed by atoms with Crippen molar-refractivity contribution in [2.45, 2.75) is 13.5 Å². The molecule has 0 aliphatic heterocycles. The Kier molecular flexibility index (Phi) is 5.22. The van der Waals surface area contributed by atoms with Gasteiger partial charge in [0.1, 0.15) is 17.3 Å². The monoisotopic (exact) mass is 328 g/mol. The van der Waals surface area contributed by atoms with Crippen molar-refractivity contribution in [1.29, 1.82) is 0 Å². The zero-order valence-electron chi connectivity index (χ0n) is 11.3. The van der Waals surface area contributed by atoms with Gasteiger partial charge in [0, 0.05) is 5.02 Å². The number of ether oxygens (including phenoxy) is 1. The lowest BCUT2D eigenvalue weighted by atomic mass is 10.2. The summed E-state index contributed by atoms with van der Waals surface area (Å²) in [6.45, 7) is 1.71. The quantitative estimate of drug-likeness (QED) is 0.857. The summed E-state index contributed by atoms with van der Waals surface area (Å²) in [6, 6.07) is 7.33. The molecular weight excluding hydrogens is 315 g/mol. The van der Waals surface area contributed by atoms with Gasteiger partial charge in [0.25, 0.3) is 0 Å². The highest BCUT2D eigenvalue weighted by molar-refractivity contribution is 6.33. The van der Waals surface area contributed by atoms with Crippen LogP contribution < -0.4 is 0 Å². The Bertz CT molecular complexity index is 656. The summed E-state index contributed by atoms with van der Waals surface area (Å²) < 4.78 is 6.37. The molecule has 0 spiro atoms. The van der Waals surface area contributed by atoms with E-state index in [1.165, 1.54) is 4.68 Å². The minimum atomic E-state index is -0.600. The molecule has 0 aliphatic rings. The minimum absolute atomic E-state index is 0.0791. The lowest BCUT2D eigenvalue weighted by Gasteiger charge is -2.06. The number of halogens is 2. The molecule has 2 aromatic rings. The Hall–Kier alpha value is -1.56. The normalized spacial score (nSPS) is 10.7. The molecule has 0 amide bonds. The van der Waals surface area contributed by atoms with Crippen LogP contribution in [0.15, 0.2) is 24.3 Å². The van der Waals surface area contributed by atoms with E-state index in [-0.39, 0.29) is 23.9 Å². The fourth-order valence-electron chi connectivity index (χ4n) is 1.89. The molecule has 1 aromatic carbocycles. The number of esters is 1. The number of aliphatic hydroxyl groups excluding tert-OH is 1. The van der Waals surface area contributed by atoms with E-state index < -0.39 is 5.97 Å². The van der Waals surface area contributed by atoms with Crippen LogP contribution in [-0.2, 0) is 11.3 Å². The lowest BCUT2D eigenvalue weighted by molar-refractivity contribution is 0.0433. The van der Waals surface area contributed by atoms with E-state index in [2.05, 4.69) is 5.10 Å². The van der Waals surface area contributed by atoms with Gasteiger partial charge in [-0.3, -0.25) is 0 Å². The topological polar surface area (TPSA) is 64.4 Å². The fourth-order valence-corrected chi connectivity index (χ4v) is 2.40. The maximum atomic E-state index is 11.9. The van der Waals surface area contributed by atoms with Crippen molar-refractivity contribution in [2.75, 3.05) is 13.2 Å². The van der Waals surface area contributed by atoms with Crippen LogP contribution in [0.2, 0.25) is 10.2 Å². The van der Waals surface area contributed by atoms with Crippen molar-refractivity contribution in [3.63, 3.8) is 0 Å². The van der Waals surface area contributed by atoms with Crippen LogP contribution in [0.3, 0.4) is 0 Å². The van der Waals surface area contributed by atoms with Crippen LogP contribution in [0.4, 0.5) is 0 Å². The predicted octanol–water partition coefficient (Wildman–Crippen LogP) is 2.70. The number of carbonyl (C=O) groups excluding carboxylic acids is 1. The molecule has 2 rings (SSSR count). The average Bonchev–Trinajstić information content (AvgIpc) is 2.73. The van der Waals surface area contributed by atoms with E-state index in [1.807, 2.05) is 18.2 Å². The smallest absolute Gasteiger partial charge is 0.343 e. The molecule has 1 aromatic heterocycles. The van der Waals surface area contributed by atoms with E-state index in [0.717, 1.165) is 5.56 Å². The van der Waals surface area contributed by atoms with Crippen LogP contribution in [0.25, 0.3) is 0 Å². The number of aliphatic hydroxyl groups is 1. The third kappa shape index (κ3) is 3.56. The summed E-state index contributed by atoms with van der Waals surface area (Å²) >= 11 is 12.3. The summed E-state index contributed by atoms with van der Waals surface area (Å²) in [7, 11) is 0. The van der Waals surface area contributed by atoms with Crippen molar-refractivity contribution in [3.05, 3.63) is 51.3 Å². The second kappa shape index (κ2) is 6.93. The van der Waals surface area contributed by atoms with Crippen LogP contribution in [-0.4, -0.2) is 34.1 Å². The Labute approximate surface area is 132 Å². The number of hydrogen-bond donors (Lipinski definition) is 1. The number of benzene rings is 1. The van der Waals surface area contributed by atoms with Gasteiger partial charge in [-0.05, 0) is 18.6 Å². The van der Waals surface area contributed by atoms with Crippen molar-refractivity contribution in [2.24, 2.45) is 0 Å². The number of aryl methyl sites for hydroxylation is 1. The molecular formula is C14H14Cl2N2O3. The Morgan fingerprint density at radius 3 is 2.76 bits per heavy atom. The second-order valence-electron chi connectivity index (χ2n) is 4.36. The first-order valence-corrected chi connectivity index (χ1v) is 7.04. The predicted molar refractivity (Wildman–Crippen MR) is 79.9 cm³/mol. The molecule has 0 atom stereocenters. The SMILES string of the molecule is Cc1nn(Cc2ccccc2Cl)c(Cl)c1C(=O)OCCO. The van der Waals surface area contributed by atoms with Crippen molar-refractivity contribution >= 4 is 29.2 Å². The lowest BCUT2D eigenvalue weighted by Crippen LogP contribution is -2.10. The van der Waals surface area contributed by atoms with Gasteiger partial charge in [-0.1, -0.05) is 41.4 Å². The molecule has 0 radical (unpaired) electrons. The molecule has 0 saturated carbocycles. The minimum Gasteiger partial charge on any atom is -0.460 e. The van der Waals surface area contributed by atoms with Gasteiger partial charge < -0.3 is 9.84 Å². The van der Waals surface area contributed by atoms with E-state index in [9.17, 15) is 4.79 Å². The van der Waals surface area contributed by atoms with E-state index in [1.54, 1.807) is 13.0 Å². The zero-order valence-corrected chi connectivity index (χ0v) is 12.9. The van der Waals surface area contributed by atoms with Gasteiger partial charge in [0.2, 0.25) is 0 Å². The fraction of sp³-hybridized carbons (Fsp3) is 0.286. The molecule has 7 heteroatoms. The highest BCUT2D eigenvalue weighted by atomic mass is 35.5. The van der Waals surface area contributed by atoms with Crippen LogP contribution in [0.5, 0.6) is 0 Å². The highest BCUT2D eigenvalue weighted by Crippen LogP contribution is 2.23. The second-order valence-corrected chi connectivity index (χ2v) is 5.13. The number of nitrogens with zero attached hydrogens (tertiary/aromatic N) is 2. The first kappa shape index (κ1) is 15.8. The first-order valence-electron chi connectivity index (χ1n) is 6.29. The molecule has 0 saturated heterocycles. The van der Waals surface area contributed by atoms with Crippen LogP contribution in [0.1, 0.15) is 21.6 Å². The van der Waals surface area contributed by atoms with Crippen molar-refractivity contribution in [3.8, 4) is 0 Å². The van der Waals surface area contributed by atoms with Gasteiger partial charge in [-0.2, -0.15) is 5.10 Å². The Morgan fingerprint density at radius 2 is 2.10 bits per heavy atom. The molecule has 0 unspecified atom stereocenters. The first-order chi connectivity index (χ1) is 10.0. The summed E-state index contributed by atoms with van der Waals surface area (Å²) in [4.78, 5) is 11.9. The number of aromatic nitrogens is 2. The summed E-state index contributed by atoms with van der Waals surface area (Å²) in [6.07, 6.45) is 0. The largest absolute Gasteiger partial charge is 0.460 e. The summed E-state index contributed by atoms with van der Waals surface area (Å²) in [5.41, 5.74) is 1.52. The van der Waals surface area contributed by atoms with E-state index >= 15 is 0 Å². The van der Waals surface area contributed by atoms with Crippen molar-refractivity contribution in [1.82, 2.24) is 9.78 Å². The Balaban J connectivity index is 2.27. The number of hydrogen-bond acceptors (Lipinski definition) is 4. The maximum absolute atomic E-state index is 11.9. The number of carbonyl (C=O) groups is 1. The van der Waals surface area contributed by atoms with Gasteiger partial charge in [-0.15, -0.1) is 0 Å². The van der Waals surface area contributed by atoms with Crippen LogP contribution >= 0.6 is 23.2 Å². The Morgan fingerprint density at radius 1 is 1.38 bits per heavy atom. The van der Waals surface area contributed by atoms with Crippen LogP contribution in [0, 0.1) is 6.92 Å². The zero-order chi connectivity index (χ0) is 15.4. The maximum Gasteiger partial charge on any atom is 0.343 e.